The number of anilines is 2. The summed E-state index contributed by atoms with van der Waals surface area (Å²) in [5, 5.41) is 0. The highest BCUT2D eigenvalue weighted by Crippen LogP contribution is 2.49. The number of piperidine rings is 1. The first-order chi connectivity index (χ1) is 19.2. The maximum atomic E-state index is 2.56. The third kappa shape index (κ3) is 6.07. The summed E-state index contributed by atoms with van der Waals surface area (Å²) in [4.78, 5) is 12.0. The van der Waals surface area contributed by atoms with Gasteiger partial charge < -0.3 is 9.80 Å². The van der Waals surface area contributed by atoms with Gasteiger partial charge >= 0.3 is 0 Å². The number of nitrogens with zero attached hydrogens (tertiary/aromatic N) is 2. The Morgan fingerprint density at radius 2 is 1.38 bits per heavy atom. The van der Waals surface area contributed by atoms with Gasteiger partial charge in [-0.05, 0) is 99.1 Å². The molecular weight excluding hydrogens is 533 g/mol. The highest BCUT2D eigenvalue weighted by atomic mass is 32.2. The first-order valence-corrected chi connectivity index (χ1v) is 16.8. The van der Waals surface area contributed by atoms with E-state index in [-0.39, 0.29) is 0 Å². The summed E-state index contributed by atoms with van der Waals surface area (Å²) >= 11 is 5.62. The summed E-state index contributed by atoms with van der Waals surface area (Å²) in [7, 11) is 2.30. The summed E-state index contributed by atoms with van der Waals surface area (Å²) in [6, 6.07) is 33.8. The standard InChI is InChI=1S/C21H26N2S2.C13H10S/c1-22-13-6-5-7-16(22)12-14-23-18-8-3-4-9-20(18)25-21-11-10-17(24-2)15-19(21)23;1-3-7-12-10(5-1)9-11-6-2-4-8-13(11)14-12/h3-4,8-11,15-16H,5-7,12-14H2,1-2H3;1-8H,9H2. The van der Waals surface area contributed by atoms with Crippen molar-refractivity contribution in [2.24, 2.45) is 0 Å². The fourth-order valence-corrected chi connectivity index (χ4v) is 8.37. The number of para-hydroxylation sites is 1. The molecule has 0 saturated carbocycles. The molecule has 0 bridgehead atoms. The van der Waals surface area contributed by atoms with Crippen molar-refractivity contribution >= 4 is 46.7 Å². The van der Waals surface area contributed by atoms with E-state index in [1.54, 1.807) is 0 Å². The Morgan fingerprint density at radius 1 is 0.744 bits per heavy atom. The van der Waals surface area contributed by atoms with Crippen molar-refractivity contribution in [1.29, 1.82) is 0 Å². The second-order valence-corrected chi connectivity index (χ2v) is 13.5. The minimum absolute atomic E-state index is 0.725. The van der Waals surface area contributed by atoms with Crippen LogP contribution in [0, 0.1) is 0 Å². The number of thioether (sulfide) groups is 1. The van der Waals surface area contributed by atoms with Crippen molar-refractivity contribution < 1.29 is 0 Å². The SMILES string of the molecule is CSc1ccc2c(c1)N(CCC1CCCCN1C)c1ccccc1S2.c1ccc2c(c1)Cc1ccccc1S2. The zero-order valence-electron chi connectivity index (χ0n) is 22.8. The summed E-state index contributed by atoms with van der Waals surface area (Å²) in [6.07, 6.45) is 8.56. The molecule has 3 heterocycles. The lowest BCUT2D eigenvalue weighted by molar-refractivity contribution is 0.178. The molecule has 3 aliphatic heterocycles. The van der Waals surface area contributed by atoms with Gasteiger partial charge in [-0.3, -0.25) is 0 Å². The molecule has 0 aliphatic carbocycles. The number of benzene rings is 4. The molecule has 4 aromatic carbocycles. The van der Waals surface area contributed by atoms with E-state index in [0.29, 0.717) is 0 Å². The molecule has 4 aromatic rings. The summed E-state index contributed by atoms with van der Waals surface area (Å²) in [5.74, 6) is 0. The maximum absolute atomic E-state index is 2.56. The molecule has 5 heteroatoms. The van der Waals surface area contributed by atoms with Gasteiger partial charge in [0.1, 0.15) is 0 Å². The van der Waals surface area contributed by atoms with Crippen LogP contribution in [0.15, 0.2) is 115 Å². The van der Waals surface area contributed by atoms with E-state index in [1.807, 2.05) is 35.3 Å². The Labute approximate surface area is 246 Å². The minimum Gasteiger partial charge on any atom is -0.340 e. The molecule has 0 aromatic heterocycles. The fourth-order valence-electron chi connectivity index (χ4n) is 5.79. The van der Waals surface area contributed by atoms with Crippen LogP contribution in [0.3, 0.4) is 0 Å². The normalized spacial score (nSPS) is 17.7. The van der Waals surface area contributed by atoms with E-state index < -0.39 is 0 Å². The quantitative estimate of drug-likeness (QED) is 0.199. The van der Waals surface area contributed by atoms with Crippen molar-refractivity contribution in [2.75, 3.05) is 31.3 Å². The number of likely N-dealkylation sites (tertiary alicyclic amines) is 1. The first-order valence-electron chi connectivity index (χ1n) is 14.0. The Bertz CT molecular complexity index is 1350. The maximum Gasteiger partial charge on any atom is 0.0564 e. The van der Waals surface area contributed by atoms with Gasteiger partial charge in [0.2, 0.25) is 0 Å². The Hall–Kier alpha value is -2.31. The van der Waals surface area contributed by atoms with E-state index in [2.05, 4.69) is 114 Å². The van der Waals surface area contributed by atoms with Gasteiger partial charge in [-0.2, -0.15) is 0 Å². The van der Waals surface area contributed by atoms with E-state index in [1.165, 1.54) is 79.2 Å². The van der Waals surface area contributed by atoms with E-state index >= 15 is 0 Å². The Kier molecular flexibility index (Phi) is 8.60. The molecule has 0 spiro atoms. The van der Waals surface area contributed by atoms with Crippen LogP contribution >= 0.6 is 35.3 Å². The zero-order valence-corrected chi connectivity index (χ0v) is 25.3. The minimum atomic E-state index is 0.725. The van der Waals surface area contributed by atoms with Crippen molar-refractivity contribution in [2.45, 2.75) is 62.6 Å². The number of rotatable bonds is 4. The van der Waals surface area contributed by atoms with E-state index in [0.717, 1.165) is 19.0 Å². The summed E-state index contributed by atoms with van der Waals surface area (Å²) < 4.78 is 0. The second kappa shape index (κ2) is 12.5. The number of hydrogen-bond acceptors (Lipinski definition) is 5. The van der Waals surface area contributed by atoms with Crippen LogP contribution < -0.4 is 4.90 Å². The number of hydrogen-bond donors (Lipinski definition) is 0. The molecule has 2 nitrogen and oxygen atoms in total. The molecular formula is C34H36N2S3. The summed E-state index contributed by atoms with van der Waals surface area (Å²) in [5.41, 5.74) is 5.66. The molecule has 39 heavy (non-hydrogen) atoms. The third-order valence-electron chi connectivity index (χ3n) is 7.99. The fraction of sp³-hybridized carbons (Fsp3) is 0.294. The molecule has 3 aliphatic rings. The molecule has 1 fully saturated rings. The monoisotopic (exact) mass is 568 g/mol. The predicted molar refractivity (Wildman–Crippen MR) is 170 cm³/mol. The van der Waals surface area contributed by atoms with Crippen LogP contribution in [0.2, 0.25) is 0 Å². The molecule has 7 rings (SSSR count). The van der Waals surface area contributed by atoms with Crippen LogP contribution in [0.1, 0.15) is 36.8 Å². The van der Waals surface area contributed by atoms with E-state index in [4.69, 9.17) is 0 Å². The molecule has 1 saturated heterocycles. The van der Waals surface area contributed by atoms with Crippen molar-refractivity contribution in [3.63, 3.8) is 0 Å². The largest absolute Gasteiger partial charge is 0.340 e. The first kappa shape index (κ1) is 26.9. The van der Waals surface area contributed by atoms with Crippen LogP contribution in [0.5, 0.6) is 0 Å². The van der Waals surface area contributed by atoms with Gasteiger partial charge in [0.15, 0.2) is 0 Å². The zero-order chi connectivity index (χ0) is 26.6. The lowest BCUT2D eigenvalue weighted by atomic mass is 9.99. The topological polar surface area (TPSA) is 6.48 Å². The lowest BCUT2D eigenvalue weighted by Crippen LogP contribution is -2.38. The Balaban J connectivity index is 0.000000166. The molecule has 0 amide bonds. The number of fused-ring (bicyclic) bond motifs is 4. The summed E-state index contributed by atoms with van der Waals surface area (Å²) in [6.45, 7) is 2.35. The predicted octanol–water partition coefficient (Wildman–Crippen LogP) is 9.63. The van der Waals surface area contributed by atoms with Crippen molar-refractivity contribution in [1.82, 2.24) is 4.90 Å². The Morgan fingerprint density at radius 3 is 2.10 bits per heavy atom. The van der Waals surface area contributed by atoms with Gasteiger partial charge in [-0.1, -0.05) is 78.5 Å². The molecule has 0 radical (unpaired) electrons. The second-order valence-electron chi connectivity index (χ2n) is 10.5. The highest BCUT2D eigenvalue weighted by Gasteiger charge is 2.26. The van der Waals surface area contributed by atoms with Gasteiger partial charge in [0, 0.05) is 37.1 Å². The lowest BCUT2D eigenvalue weighted by Gasteiger charge is -2.37. The van der Waals surface area contributed by atoms with Gasteiger partial charge in [-0.15, -0.1) is 11.8 Å². The van der Waals surface area contributed by atoms with Gasteiger partial charge in [0.05, 0.1) is 11.4 Å². The average molecular weight is 569 g/mol. The van der Waals surface area contributed by atoms with Crippen molar-refractivity contribution in [3.05, 3.63) is 102 Å². The van der Waals surface area contributed by atoms with Crippen LogP contribution in [-0.2, 0) is 6.42 Å². The molecule has 1 atom stereocenters. The van der Waals surface area contributed by atoms with Gasteiger partial charge in [0.25, 0.3) is 0 Å². The van der Waals surface area contributed by atoms with Gasteiger partial charge in [-0.25, -0.2) is 0 Å². The average Bonchev–Trinajstić information content (AvgIpc) is 2.99. The third-order valence-corrected chi connectivity index (χ3v) is 11.1. The molecule has 0 N–H and O–H groups in total. The smallest absolute Gasteiger partial charge is 0.0564 e. The molecule has 200 valence electrons. The highest BCUT2D eigenvalue weighted by molar-refractivity contribution is 8.00. The molecule has 1 unspecified atom stereocenters. The van der Waals surface area contributed by atoms with Crippen LogP contribution in [-0.4, -0.2) is 37.3 Å². The van der Waals surface area contributed by atoms with Crippen molar-refractivity contribution in [3.8, 4) is 0 Å². The van der Waals surface area contributed by atoms with Crippen LogP contribution in [0.25, 0.3) is 0 Å². The van der Waals surface area contributed by atoms with E-state index in [9.17, 15) is 0 Å². The van der Waals surface area contributed by atoms with Crippen LogP contribution in [0.4, 0.5) is 11.4 Å².